The van der Waals surface area contributed by atoms with E-state index in [9.17, 15) is 4.79 Å². The molecule has 86 valence electrons. The fraction of sp³-hybridized carbons (Fsp3) is 0.667. The van der Waals surface area contributed by atoms with Gasteiger partial charge in [-0.1, -0.05) is 52.6 Å². The van der Waals surface area contributed by atoms with Gasteiger partial charge in [0.15, 0.2) is 0 Å². The SMILES string of the molecule is CC(C)(C)[C@H]1OC(=O)C(Br)=C(C(Br)Br)O1. The molecule has 3 nitrogen and oxygen atoms in total. The molecule has 0 aromatic rings. The van der Waals surface area contributed by atoms with Gasteiger partial charge in [-0.25, -0.2) is 4.79 Å². The number of rotatable bonds is 1. The predicted octanol–water partition coefficient (Wildman–Crippen LogP) is 3.65. The second kappa shape index (κ2) is 4.75. The lowest BCUT2D eigenvalue weighted by Gasteiger charge is -2.34. The van der Waals surface area contributed by atoms with E-state index in [2.05, 4.69) is 47.8 Å². The summed E-state index contributed by atoms with van der Waals surface area (Å²) in [6.07, 6.45) is -0.570. The van der Waals surface area contributed by atoms with Crippen molar-refractivity contribution in [2.75, 3.05) is 0 Å². The number of alkyl halides is 2. The monoisotopic (exact) mass is 404 g/mol. The van der Waals surface area contributed by atoms with Crippen molar-refractivity contribution in [1.29, 1.82) is 0 Å². The van der Waals surface area contributed by atoms with E-state index in [0.29, 0.717) is 10.2 Å². The molecule has 0 aromatic carbocycles. The maximum absolute atomic E-state index is 11.5. The fourth-order valence-corrected chi connectivity index (χ4v) is 2.65. The summed E-state index contributed by atoms with van der Waals surface area (Å²) < 4.78 is 10.8. The molecule has 0 amide bonds. The Morgan fingerprint density at radius 2 is 1.80 bits per heavy atom. The molecule has 0 aliphatic carbocycles. The molecule has 0 bridgehead atoms. The van der Waals surface area contributed by atoms with Crippen LogP contribution in [0.2, 0.25) is 0 Å². The molecule has 1 aliphatic rings. The average Bonchev–Trinajstić information content (AvgIpc) is 2.06. The molecule has 0 radical (unpaired) electrons. The number of hydrogen-bond donors (Lipinski definition) is 0. The van der Waals surface area contributed by atoms with Crippen molar-refractivity contribution in [3.05, 3.63) is 10.2 Å². The first-order valence-electron chi connectivity index (χ1n) is 4.29. The largest absolute Gasteiger partial charge is 0.455 e. The highest BCUT2D eigenvalue weighted by molar-refractivity contribution is 9.24. The maximum Gasteiger partial charge on any atom is 0.351 e. The van der Waals surface area contributed by atoms with Gasteiger partial charge in [-0.15, -0.1) is 0 Å². The molecule has 0 fully saturated rings. The van der Waals surface area contributed by atoms with Gasteiger partial charge in [-0.05, 0) is 15.9 Å². The molecule has 0 spiro atoms. The van der Waals surface area contributed by atoms with Crippen LogP contribution in [0.4, 0.5) is 0 Å². The molecule has 1 atom stereocenters. The molecule has 0 aromatic heterocycles. The van der Waals surface area contributed by atoms with Crippen molar-refractivity contribution >= 4 is 53.8 Å². The van der Waals surface area contributed by atoms with Crippen molar-refractivity contribution < 1.29 is 14.3 Å². The molecule has 15 heavy (non-hydrogen) atoms. The smallest absolute Gasteiger partial charge is 0.351 e. The van der Waals surface area contributed by atoms with Crippen molar-refractivity contribution in [2.24, 2.45) is 5.41 Å². The highest BCUT2D eigenvalue weighted by Gasteiger charge is 2.38. The lowest BCUT2D eigenvalue weighted by Crippen LogP contribution is -2.38. The van der Waals surface area contributed by atoms with Gasteiger partial charge in [0.1, 0.15) is 14.0 Å². The van der Waals surface area contributed by atoms with E-state index in [1.165, 1.54) is 0 Å². The minimum atomic E-state index is -0.570. The van der Waals surface area contributed by atoms with E-state index < -0.39 is 12.3 Å². The van der Waals surface area contributed by atoms with Gasteiger partial charge in [-0.3, -0.25) is 0 Å². The number of halogens is 3. The Labute approximate surface area is 114 Å². The number of carbonyl (C=O) groups is 1. The summed E-state index contributed by atoms with van der Waals surface area (Å²) in [4.78, 5) is 11.5. The van der Waals surface area contributed by atoms with E-state index in [1.54, 1.807) is 0 Å². The molecular weight excluding hydrogens is 396 g/mol. The van der Waals surface area contributed by atoms with E-state index in [0.717, 1.165) is 0 Å². The summed E-state index contributed by atoms with van der Waals surface area (Å²) in [5.41, 5.74) is -0.260. The molecule has 1 heterocycles. The number of allylic oxidation sites excluding steroid dienone is 1. The van der Waals surface area contributed by atoms with Crippen LogP contribution in [0, 0.1) is 5.41 Å². The first kappa shape index (κ1) is 13.5. The van der Waals surface area contributed by atoms with Gasteiger partial charge in [0.2, 0.25) is 6.29 Å². The van der Waals surface area contributed by atoms with Gasteiger partial charge in [0, 0.05) is 5.41 Å². The van der Waals surface area contributed by atoms with E-state index in [1.807, 2.05) is 20.8 Å². The first-order valence-corrected chi connectivity index (χ1v) is 6.91. The van der Waals surface area contributed by atoms with Crippen LogP contribution in [-0.4, -0.2) is 16.0 Å². The zero-order valence-corrected chi connectivity index (χ0v) is 13.3. The third kappa shape index (κ3) is 3.20. The van der Waals surface area contributed by atoms with Crippen molar-refractivity contribution in [3.63, 3.8) is 0 Å². The summed E-state index contributed by atoms with van der Waals surface area (Å²) in [5, 5.41) is 0. The third-order valence-electron chi connectivity index (χ3n) is 1.75. The van der Waals surface area contributed by atoms with E-state index in [-0.39, 0.29) is 9.15 Å². The van der Waals surface area contributed by atoms with Crippen LogP contribution in [-0.2, 0) is 14.3 Å². The molecule has 0 saturated heterocycles. The third-order valence-corrected chi connectivity index (χ3v) is 3.30. The summed E-state index contributed by atoms with van der Waals surface area (Å²) in [6.45, 7) is 5.83. The van der Waals surface area contributed by atoms with Gasteiger partial charge >= 0.3 is 5.97 Å². The molecule has 0 saturated carbocycles. The molecule has 0 unspecified atom stereocenters. The summed E-state index contributed by atoms with van der Waals surface area (Å²) in [5.74, 6) is 0.103. The summed E-state index contributed by atoms with van der Waals surface area (Å²) in [7, 11) is 0. The number of cyclic esters (lactones) is 1. The van der Waals surface area contributed by atoms with Gasteiger partial charge in [-0.2, -0.15) is 0 Å². The summed E-state index contributed by atoms with van der Waals surface area (Å²) in [6, 6.07) is 0. The van der Waals surface area contributed by atoms with Crippen molar-refractivity contribution in [3.8, 4) is 0 Å². The van der Waals surface area contributed by atoms with Crippen LogP contribution in [0.3, 0.4) is 0 Å². The highest BCUT2D eigenvalue weighted by Crippen LogP contribution is 2.37. The van der Waals surface area contributed by atoms with Crippen LogP contribution < -0.4 is 0 Å². The van der Waals surface area contributed by atoms with Crippen LogP contribution in [0.1, 0.15) is 20.8 Å². The number of hydrogen-bond acceptors (Lipinski definition) is 3. The predicted molar refractivity (Wildman–Crippen MR) is 68.0 cm³/mol. The number of esters is 1. The number of carbonyl (C=O) groups excluding carboxylic acids is 1. The molecular formula is C9H11Br3O3. The van der Waals surface area contributed by atoms with Gasteiger partial charge in [0.05, 0.1) is 0 Å². The van der Waals surface area contributed by atoms with Crippen LogP contribution in [0.5, 0.6) is 0 Å². The van der Waals surface area contributed by atoms with Crippen molar-refractivity contribution in [1.82, 2.24) is 0 Å². The normalized spacial score (nSPS) is 22.9. The minimum absolute atomic E-state index is 0.211. The Morgan fingerprint density at radius 1 is 1.27 bits per heavy atom. The molecule has 1 aliphatic heterocycles. The Bertz CT molecular complexity index is 304. The highest BCUT2D eigenvalue weighted by atomic mass is 79.9. The first-order chi connectivity index (χ1) is 6.73. The van der Waals surface area contributed by atoms with E-state index in [4.69, 9.17) is 9.47 Å². The molecule has 0 N–H and O–H groups in total. The second-order valence-corrected chi connectivity index (χ2v) is 8.05. The van der Waals surface area contributed by atoms with Gasteiger partial charge in [0.25, 0.3) is 0 Å². The molecule has 6 heteroatoms. The topological polar surface area (TPSA) is 35.5 Å². The minimum Gasteiger partial charge on any atom is -0.455 e. The Morgan fingerprint density at radius 3 is 2.20 bits per heavy atom. The number of ether oxygens (including phenoxy) is 2. The van der Waals surface area contributed by atoms with E-state index >= 15 is 0 Å². The lowest BCUT2D eigenvalue weighted by atomic mass is 9.95. The lowest BCUT2D eigenvalue weighted by molar-refractivity contribution is -0.194. The van der Waals surface area contributed by atoms with Crippen LogP contribution in [0.25, 0.3) is 0 Å². The zero-order chi connectivity index (χ0) is 11.8. The standard InChI is InChI=1S/C9H11Br3O3/c1-9(2,3)8-14-5(6(11)12)4(10)7(13)15-8/h6,8H,1-3H3/t8-/m1/s1. The van der Waals surface area contributed by atoms with Crippen LogP contribution >= 0.6 is 47.8 Å². The fourth-order valence-electron chi connectivity index (χ4n) is 0.941. The second-order valence-electron chi connectivity index (χ2n) is 4.20. The Balaban J connectivity index is 2.98. The van der Waals surface area contributed by atoms with Crippen LogP contribution in [0.15, 0.2) is 10.2 Å². The Kier molecular flexibility index (Phi) is 4.28. The Hall–Kier alpha value is 0.450. The quantitative estimate of drug-likeness (QED) is 0.492. The van der Waals surface area contributed by atoms with Crippen molar-refractivity contribution in [2.45, 2.75) is 30.8 Å². The molecule has 1 rings (SSSR count). The van der Waals surface area contributed by atoms with Gasteiger partial charge < -0.3 is 9.47 Å². The summed E-state index contributed by atoms with van der Waals surface area (Å²) >= 11 is 9.72. The maximum atomic E-state index is 11.5. The zero-order valence-electron chi connectivity index (χ0n) is 8.51. The average molecular weight is 407 g/mol.